The number of rotatable bonds is 6. The van der Waals surface area contributed by atoms with Crippen LogP contribution in [-0.4, -0.2) is 44.9 Å². The maximum Gasteiger partial charge on any atom is 0.416 e. The van der Waals surface area contributed by atoms with Crippen LogP contribution in [0.15, 0.2) is 78.4 Å². The number of alkyl halides is 3. The molecule has 0 radical (unpaired) electrons. The molecule has 0 fully saturated rings. The monoisotopic (exact) mass is 451 g/mol. The largest absolute Gasteiger partial charge is 0.416 e. The molecule has 2 aliphatic heterocycles. The third-order valence-corrected chi connectivity index (χ3v) is 7.59. The third-order valence-electron chi connectivity index (χ3n) is 5.24. The highest BCUT2D eigenvalue weighted by Gasteiger charge is 2.37. The second-order valence-corrected chi connectivity index (χ2v) is 9.84. The van der Waals surface area contributed by atoms with Gasteiger partial charge in [0, 0.05) is 27.7 Å². The number of halogens is 3. The summed E-state index contributed by atoms with van der Waals surface area (Å²) in [6.45, 7) is 2.30. The minimum absolute atomic E-state index is 0.548. The lowest BCUT2D eigenvalue weighted by Crippen LogP contribution is -2.15. The molecule has 2 nitrogen and oxygen atoms in total. The van der Waals surface area contributed by atoms with E-state index in [1.165, 1.54) is 38.6 Å². The lowest BCUT2D eigenvalue weighted by atomic mass is 10.0. The predicted octanol–water partition coefficient (Wildman–Crippen LogP) is 6.50. The molecule has 0 amide bonds. The SMILES string of the molecule is CN(C)CCCOCC1=CCC2=CC=CC3=C4SC=C(C(F)(F)F)C=C4CC3=C2S1. The van der Waals surface area contributed by atoms with Crippen molar-refractivity contribution < 1.29 is 17.9 Å². The van der Waals surface area contributed by atoms with Crippen molar-refractivity contribution >= 4 is 23.5 Å². The van der Waals surface area contributed by atoms with E-state index in [0.29, 0.717) is 13.0 Å². The lowest BCUT2D eigenvalue weighted by molar-refractivity contribution is -0.0880. The molecule has 2 aliphatic carbocycles. The van der Waals surface area contributed by atoms with Crippen molar-refractivity contribution in [1.29, 1.82) is 0 Å². The topological polar surface area (TPSA) is 12.5 Å². The summed E-state index contributed by atoms with van der Waals surface area (Å²) < 4.78 is 45.4. The molecule has 0 atom stereocenters. The second kappa shape index (κ2) is 8.99. The van der Waals surface area contributed by atoms with E-state index in [1.54, 1.807) is 11.8 Å². The standard InChI is InChI=1S/C23H24F3NOS2/c1-27(2)9-4-10-28-13-18-8-7-15-5-3-6-19-20(22(15)30-18)12-16-11-17(23(24,25)26)14-29-21(16)19/h3,5-6,8,11,14H,4,7,9-10,12-13H2,1-2H3. The van der Waals surface area contributed by atoms with Gasteiger partial charge in [-0.2, -0.15) is 13.2 Å². The Bertz CT molecular complexity index is 946. The summed E-state index contributed by atoms with van der Waals surface area (Å²) >= 11 is 2.90. The summed E-state index contributed by atoms with van der Waals surface area (Å²) in [7, 11) is 4.10. The van der Waals surface area contributed by atoms with Crippen molar-refractivity contribution in [3.63, 3.8) is 0 Å². The van der Waals surface area contributed by atoms with E-state index in [0.717, 1.165) is 47.6 Å². The Morgan fingerprint density at radius 3 is 2.77 bits per heavy atom. The van der Waals surface area contributed by atoms with Gasteiger partial charge in [-0.05, 0) is 67.3 Å². The fourth-order valence-electron chi connectivity index (χ4n) is 3.76. The van der Waals surface area contributed by atoms with Gasteiger partial charge in [0.2, 0.25) is 0 Å². The van der Waals surface area contributed by atoms with Gasteiger partial charge in [-0.25, -0.2) is 0 Å². The van der Waals surface area contributed by atoms with E-state index in [9.17, 15) is 13.2 Å². The zero-order valence-corrected chi connectivity index (χ0v) is 18.6. The highest BCUT2D eigenvalue weighted by Crippen LogP contribution is 2.53. The Labute approximate surface area is 184 Å². The van der Waals surface area contributed by atoms with Gasteiger partial charge in [-0.1, -0.05) is 47.8 Å². The first-order valence-electron chi connectivity index (χ1n) is 9.92. The Morgan fingerprint density at radius 2 is 2.00 bits per heavy atom. The van der Waals surface area contributed by atoms with Crippen LogP contribution in [0.3, 0.4) is 0 Å². The smallest absolute Gasteiger partial charge is 0.376 e. The van der Waals surface area contributed by atoms with Crippen molar-refractivity contribution in [3.8, 4) is 0 Å². The molecule has 7 heteroatoms. The summed E-state index contributed by atoms with van der Waals surface area (Å²) in [5, 5.41) is 1.23. The molecule has 30 heavy (non-hydrogen) atoms. The Hall–Kier alpha value is -1.41. The normalized spacial score (nSPS) is 21.0. The summed E-state index contributed by atoms with van der Waals surface area (Å²) in [6.07, 6.45) is 7.77. The van der Waals surface area contributed by atoms with E-state index in [1.807, 2.05) is 26.2 Å². The van der Waals surface area contributed by atoms with Crippen LogP contribution in [0.5, 0.6) is 0 Å². The van der Waals surface area contributed by atoms with E-state index in [2.05, 4.69) is 17.1 Å². The maximum absolute atomic E-state index is 13.2. The zero-order valence-electron chi connectivity index (χ0n) is 17.0. The van der Waals surface area contributed by atoms with Crippen LogP contribution in [0.25, 0.3) is 0 Å². The molecule has 160 valence electrons. The number of hydrogen-bond donors (Lipinski definition) is 0. The van der Waals surface area contributed by atoms with Gasteiger partial charge in [0.25, 0.3) is 0 Å². The van der Waals surface area contributed by atoms with E-state index in [4.69, 9.17) is 4.74 Å². The van der Waals surface area contributed by atoms with Gasteiger partial charge >= 0.3 is 6.18 Å². The molecule has 2 heterocycles. The second-order valence-electron chi connectivity index (χ2n) is 7.82. The van der Waals surface area contributed by atoms with Crippen molar-refractivity contribution in [2.24, 2.45) is 0 Å². The van der Waals surface area contributed by atoms with Gasteiger partial charge in [0.15, 0.2) is 0 Å². The van der Waals surface area contributed by atoms with E-state index in [-0.39, 0.29) is 0 Å². The molecule has 0 spiro atoms. The fraction of sp³-hybridized carbons (Fsp3) is 0.391. The number of allylic oxidation sites excluding steroid dienone is 10. The summed E-state index contributed by atoms with van der Waals surface area (Å²) in [6, 6.07) is 0. The fourth-order valence-corrected chi connectivity index (χ4v) is 5.97. The summed E-state index contributed by atoms with van der Waals surface area (Å²) in [5.74, 6) is 0. The minimum atomic E-state index is -4.31. The van der Waals surface area contributed by atoms with Gasteiger partial charge in [0.05, 0.1) is 12.2 Å². The molecule has 0 aromatic heterocycles. The Kier molecular flexibility index (Phi) is 6.53. The first kappa shape index (κ1) is 21.8. The highest BCUT2D eigenvalue weighted by molar-refractivity contribution is 8.07. The highest BCUT2D eigenvalue weighted by atomic mass is 32.2. The average Bonchev–Trinajstić information content (AvgIpc) is 2.95. The maximum atomic E-state index is 13.2. The minimum Gasteiger partial charge on any atom is -0.376 e. The zero-order chi connectivity index (χ0) is 21.3. The van der Waals surface area contributed by atoms with Crippen LogP contribution in [0.1, 0.15) is 19.3 Å². The van der Waals surface area contributed by atoms with Crippen LogP contribution in [-0.2, 0) is 4.74 Å². The third kappa shape index (κ3) is 4.74. The van der Waals surface area contributed by atoms with Gasteiger partial charge in [-0.3, -0.25) is 0 Å². The molecule has 0 aromatic carbocycles. The van der Waals surface area contributed by atoms with Crippen molar-refractivity contribution in [2.45, 2.75) is 25.4 Å². The predicted molar refractivity (Wildman–Crippen MR) is 120 cm³/mol. The number of fused-ring (bicyclic) bond motifs is 3. The number of hydrogen-bond acceptors (Lipinski definition) is 4. The van der Waals surface area contributed by atoms with Crippen molar-refractivity contribution in [3.05, 3.63) is 78.4 Å². The van der Waals surface area contributed by atoms with E-state index < -0.39 is 11.7 Å². The van der Waals surface area contributed by atoms with Crippen molar-refractivity contribution in [2.75, 3.05) is 33.9 Å². The first-order valence-corrected chi connectivity index (χ1v) is 11.6. The molecule has 0 saturated carbocycles. The van der Waals surface area contributed by atoms with Crippen LogP contribution >= 0.6 is 23.5 Å². The molecule has 0 N–H and O–H groups in total. The number of nitrogens with zero attached hydrogens (tertiary/aromatic N) is 1. The van der Waals surface area contributed by atoms with Crippen LogP contribution in [0.4, 0.5) is 13.2 Å². The van der Waals surface area contributed by atoms with Gasteiger partial charge in [-0.15, -0.1) is 0 Å². The molecule has 0 aromatic rings. The molecule has 0 bridgehead atoms. The summed E-state index contributed by atoms with van der Waals surface area (Å²) in [4.78, 5) is 5.45. The Morgan fingerprint density at radius 1 is 1.17 bits per heavy atom. The number of thioether (sulfide) groups is 2. The molecule has 4 aliphatic rings. The first-order chi connectivity index (χ1) is 14.3. The van der Waals surface area contributed by atoms with Crippen molar-refractivity contribution in [1.82, 2.24) is 4.90 Å². The molecular weight excluding hydrogens is 427 g/mol. The summed E-state index contributed by atoms with van der Waals surface area (Å²) in [5.41, 5.74) is 3.65. The van der Waals surface area contributed by atoms with Crippen LogP contribution in [0, 0.1) is 0 Å². The molecule has 0 saturated heterocycles. The van der Waals surface area contributed by atoms with Crippen LogP contribution in [0.2, 0.25) is 0 Å². The Balaban J connectivity index is 1.52. The van der Waals surface area contributed by atoms with Gasteiger partial charge in [0.1, 0.15) is 0 Å². The molecule has 4 rings (SSSR count). The van der Waals surface area contributed by atoms with E-state index >= 15 is 0 Å². The molecule has 0 unspecified atom stereocenters. The van der Waals surface area contributed by atoms with Crippen LogP contribution < -0.4 is 0 Å². The lowest BCUT2D eigenvalue weighted by Gasteiger charge is -2.21. The average molecular weight is 452 g/mol. The van der Waals surface area contributed by atoms with Gasteiger partial charge < -0.3 is 9.64 Å². The number of ether oxygens (including phenoxy) is 1. The molecular formula is C23H24F3NOS2. The quantitative estimate of drug-likeness (QED) is 0.427.